The summed E-state index contributed by atoms with van der Waals surface area (Å²) in [5, 5.41) is 5.58. The second-order valence-corrected chi connectivity index (χ2v) is 10.7. The zero-order valence-electron chi connectivity index (χ0n) is 22.9. The van der Waals surface area contributed by atoms with Gasteiger partial charge in [0.05, 0.1) is 12.1 Å². The lowest BCUT2D eigenvalue weighted by atomic mass is 9.92. The summed E-state index contributed by atoms with van der Waals surface area (Å²) >= 11 is 0. The Bertz CT molecular complexity index is 1160. The highest BCUT2D eigenvalue weighted by Gasteiger charge is 2.26. The van der Waals surface area contributed by atoms with Crippen LogP contribution in [0.5, 0.6) is 0 Å². The smallest absolute Gasteiger partial charge is 0.410 e. The lowest BCUT2D eigenvalue weighted by Gasteiger charge is -2.33. The number of hydrogen-bond acceptors (Lipinski definition) is 5. The molecule has 1 aliphatic rings. The first-order valence-electron chi connectivity index (χ1n) is 13.4. The number of hydrogen-bond donors (Lipinski definition) is 2. The van der Waals surface area contributed by atoms with Crippen molar-refractivity contribution in [1.82, 2.24) is 20.1 Å². The van der Waals surface area contributed by atoms with Gasteiger partial charge in [0.2, 0.25) is 0 Å². The Hall–Kier alpha value is -3.62. The third-order valence-electron chi connectivity index (χ3n) is 6.47. The van der Waals surface area contributed by atoms with E-state index in [1.807, 2.05) is 51.1 Å². The first-order valence-corrected chi connectivity index (χ1v) is 13.4. The summed E-state index contributed by atoms with van der Waals surface area (Å²) in [5.41, 5.74) is 0.182. The molecule has 0 unspecified atom stereocenters. The summed E-state index contributed by atoms with van der Waals surface area (Å²) < 4.78 is 6.87. The molecule has 0 saturated carbocycles. The number of amides is 3. The maximum atomic E-state index is 13.0. The third-order valence-corrected chi connectivity index (χ3v) is 6.47. The van der Waals surface area contributed by atoms with E-state index in [0.29, 0.717) is 32.1 Å². The number of aromatic nitrogens is 1. The predicted octanol–water partition coefficient (Wildman–Crippen LogP) is 3.80. The van der Waals surface area contributed by atoms with Gasteiger partial charge in [0.15, 0.2) is 0 Å². The number of piperidine rings is 1. The SMILES string of the molecule is CCNC(=O)c1cc(C(=O)NCCCC2CCN(C(=O)OC(C)(C)C)CC2)cn(Cc2ccccc2)c1=O. The number of likely N-dealkylation sites (tertiary alicyclic amines) is 1. The number of rotatable bonds is 9. The number of benzene rings is 1. The fourth-order valence-electron chi connectivity index (χ4n) is 4.50. The number of pyridine rings is 1. The molecule has 2 heterocycles. The monoisotopic (exact) mass is 524 g/mol. The van der Waals surface area contributed by atoms with Gasteiger partial charge in [-0.05, 0) is 70.9 Å². The average molecular weight is 525 g/mol. The minimum Gasteiger partial charge on any atom is -0.444 e. The summed E-state index contributed by atoms with van der Waals surface area (Å²) in [6.07, 6.45) is 4.82. The van der Waals surface area contributed by atoms with Gasteiger partial charge in [0, 0.05) is 32.4 Å². The first-order chi connectivity index (χ1) is 18.1. The van der Waals surface area contributed by atoms with Gasteiger partial charge in [-0.15, -0.1) is 0 Å². The fraction of sp³-hybridized carbons (Fsp3) is 0.517. The Balaban J connectivity index is 1.55. The molecule has 0 atom stereocenters. The van der Waals surface area contributed by atoms with Gasteiger partial charge in [-0.25, -0.2) is 4.79 Å². The summed E-state index contributed by atoms with van der Waals surface area (Å²) in [6, 6.07) is 10.8. The van der Waals surface area contributed by atoms with Crippen molar-refractivity contribution in [2.45, 2.75) is 65.5 Å². The first kappa shape index (κ1) is 28.9. The quantitative estimate of drug-likeness (QED) is 0.485. The van der Waals surface area contributed by atoms with Crippen LogP contribution in [-0.2, 0) is 11.3 Å². The maximum Gasteiger partial charge on any atom is 0.410 e. The van der Waals surface area contributed by atoms with Crippen LogP contribution in [0, 0.1) is 5.92 Å². The molecule has 0 spiro atoms. The Morgan fingerprint density at radius 1 is 1.03 bits per heavy atom. The van der Waals surface area contributed by atoms with E-state index < -0.39 is 17.1 Å². The summed E-state index contributed by atoms with van der Waals surface area (Å²) in [7, 11) is 0. The van der Waals surface area contributed by atoms with Crippen LogP contribution in [0.2, 0.25) is 0 Å². The summed E-state index contributed by atoms with van der Waals surface area (Å²) in [5.74, 6) is -0.327. The van der Waals surface area contributed by atoms with Gasteiger partial charge in [0.25, 0.3) is 17.4 Å². The number of carbonyl (C=O) groups excluding carboxylic acids is 3. The van der Waals surface area contributed by atoms with Gasteiger partial charge in [-0.2, -0.15) is 0 Å². The van der Waals surface area contributed by atoms with E-state index in [9.17, 15) is 19.2 Å². The van der Waals surface area contributed by atoms with E-state index >= 15 is 0 Å². The van der Waals surface area contributed by atoms with Crippen molar-refractivity contribution < 1.29 is 19.1 Å². The van der Waals surface area contributed by atoms with E-state index in [1.165, 1.54) is 16.8 Å². The lowest BCUT2D eigenvalue weighted by Crippen LogP contribution is -2.41. The molecule has 1 fully saturated rings. The normalized spacial score (nSPS) is 14.2. The van der Waals surface area contributed by atoms with E-state index in [0.717, 1.165) is 31.2 Å². The van der Waals surface area contributed by atoms with Gasteiger partial charge in [-0.3, -0.25) is 14.4 Å². The zero-order chi connectivity index (χ0) is 27.7. The minimum absolute atomic E-state index is 0.0489. The molecule has 38 heavy (non-hydrogen) atoms. The van der Waals surface area contributed by atoms with Crippen molar-refractivity contribution in [2.75, 3.05) is 26.2 Å². The number of carbonyl (C=O) groups is 3. The molecule has 1 aromatic carbocycles. The van der Waals surface area contributed by atoms with Gasteiger partial charge < -0.3 is 24.8 Å². The van der Waals surface area contributed by atoms with Crippen LogP contribution in [-0.4, -0.2) is 59.2 Å². The van der Waals surface area contributed by atoms with Crippen molar-refractivity contribution >= 4 is 17.9 Å². The molecule has 2 N–H and O–H groups in total. The Kier molecular flexibility index (Phi) is 10.1. The largest absolute Gasteiger partial charge is 0.444 e. The van der Waals surface area contributed by atoms with Crippen LogP contribution in [0.3, 0.4) is 0 Å². The van der Waals surface area contributed by atoms with Crippen molar-refractivity contribution in [3.63, 3.8) is 0 Å². The van der Waals surface area contributed by atoms with Crippen molar-refractivity contribution in [1.29, 1.82) is 0 Å². The molecule has 3 rings (SSSR count). The molecule has 9 nitrogen and oxygen atoms in total. The fourth-order valence-corrected chi connectivity index (χ4v) is 4.50. The Morgan fingerprint density at radius 2 is 1.71 bits per heavy atom. The highest BCUT2D eigenvalue weighted by Crippen LogP contribution is 2.23. The Labute approximate surface area is 224 Å². The highest BCUT2D eigenvalue weighted by molar-refractivity contribution is 5.99. The molecule has 206 valence electrons. The molecule has 1 aliphatic heterocycles. The molecule has 3 amide bonds. The lowest BCUT2D eigenvalue weighted by molar-refractivity contribution is 0.0180. The Morgan fingerprint density at radius 3 is 2.34 bits per heavy atom. The van der Waals surface area contributed by atoms with E-state index in [2.05, 4.69) is 10.6 Å². The molecule has 1 saturated heterocycles. The zero-order valence-corrected chi connectivity index (χ0v) is 22.9. The van der Waals surface area contributed by atoms with Gasteiger partial charge in [-0.1, -0.05) is 30.3 Å². The molecular weight excluding hydrogens is 484 g/mol. The van der Waals surface area contributed by atoms with Gasteiger partial charge >= 0.3 is 6.09 Å². The average Bonchev–Trinajstić information content (AvgIpc) is 2.87. The van der Waals surface area contributed by atoms with Crippen LogP contribution < -0.4 is 16.2 Å². The molecule has 0 aliphatic carbocycles. The standard InChI is InChI=1S/C29H40N4O5/c1-5-30-26(35)24-18-23(20-33(27(24)36)19-22-10-7-6-8-11-22)25(34)31-15-9-12-21-13-16-32(17-14-21)28(37)38-29(2,3)4/h6-8,10-11,18,20-21H,5,9,12-17,19H2,1-4H3,(H,30,35)(H,31,34). The number of nitrogens with one attached hydrogen (secondary N) is 2. The molecule has 9 heteroatoms. The van der Waals surface area contributed by atoms with Crippen molar-refractivity contribution in [2.24, 2.45) is 5.92 Å². The molecule has 0 radical (unpaired) electrons. The highest BCUT2D eigenvalue weighted by atomic mass is 16.6. The van der Waals surface area contributed by atoms with E-state index in [4.69, 9.17) is 4.74 Å². The number of ether oxygens (including phenoxy) is 1. The minimum atomic E-state index is -0.498. The van der Waals surface area contributed by atoms with Crippen LogP contribution in [0.25, 0.3) is 0 Å². The summed E-state index contributed by atoms with van der Waals surface area (Å²) in [6.45, 7) is 9.85. The molecule has 0 bridgehead atoms. The number of nitrogens with zero attached hydrogens (tertiary/aromatic N) is 2. The third kappa shape index (κ3) is 8.46. The van der Waals surface area contributed by atoms with Crippen LogP contribution in [0.4, 0.5) is 4.79 Å². The van der Waals surface area contributed by atoms with E-state index in [1.54, 1.807) is 11.8 Å². The van der Waals surface area contributed by atoms with Crippen LogP contribution in [0.1, 0.15) is 79.7 Å². The predicted molar refractivity (Wildman–Crippen MR) is 146 cm³/mol. The van der Waals surface area contributed by atoms with E-state index in [-0.39, 0.29) is 29.7 Å². The summed E-state index contributed by atoms with van der Waals surface area (Å²) in [4.78, 5) is 52.5. The van der Waals surface area contributed by atoms with Crippen molar-refractivity contribution in [3.05, 3.63) is 69.6 Å². The van der Waals surface area contributed by atoms with Crippen molar-refractivity contribution in [3.8, 4) is 0 Å². The molecular formula is C29H40N4O5. The maximum absolute atomic E-state index is 13.0. The van der Waals surface area contributed by atoms with Gasteiger partial charge in [0.1, 0.15) is 11.2 Å². The van der Waals surface area contributed by atoms with Crippen LogP contribution in [0.15, 0.2) is 47.4 Å². The second kappa shape index (κ2) is 13.3. The topological polar surface area (TPSA) is 110 Å². The second-order valence-electron chi connectivity index (χ2n) is 10.7. The van der Waals surface area contributed by atoms with Crippen LogP contribution >= 0.6 is 0 Å². The molecule has 1 aromatic heterocycles. The molecule has 2 aromatic rings.